The summed E-state index contributed by atoms with van der Waals surface area (Å²) in [5.74, 6) is 0.125. The Morgan fingerprint density at radius 1 is 1.03 bits per heavy atom. The molecule has 194 valence electrons. The molecule has 0 N–H and O–H groups in total. The van der Waals surface area contributed by atoms with E-state index in [1.54, 1.807) is 25.3 Å². The van der Waals surface area contributed by atoms with Crippen molar-refractivity contribution in [2.75, 3.05) is 19.0 Å². The van der Waals surface area contributed by atoms with E-state index in [-0.39, 0.29) is 5.75 Å². The molecule has 0 radical (unpaired) electrons. The number of rotatable bonds is 6. The van der Waals surface area contributed by atoms with E-state index in [2.05, 4.69) is 67.8 Å². The molecule has 0 aliphatic heterocycles. The standard InChI is InChI=1S/C20H32NP.C5H3FNO2S.Au.ClH/c1-21(2)19-15-9-10-16-20(19)22(17-11-5-3-6-12-17)18-13-7-4-8-14-18;6-10(8)9-5-2-1-3-7-4-5;;/h9-10,15-18H,3-8,11-14H2,1-2H3;1-2,4H;;1H/q;-1;+1;. The molecule has 2 aliphatic rings. The first-order valence-electron chi connectivity index (χ1n) is 11.9. The molecule has 0 spiro atoms. The molecule has 0 saturated heterocycles. The molecular formula is C25H36AuClFN2O2PS. The summed E-state index contributed by atoms with van der Waals surface area (Å²) >= 11 is -1.02. The van der Waals surface area contributed by atoms with E-state index in [0.717, 1.165) is 11.3 Å². The predicted molar refractivity (Wildman–Crippen MR) is 141 cm³/mol. The average Bonchev–Trinajstić information content (AvgIpc) is 2.88. The minimum atomic E-state index is -2.77. The van der Waals surface area contributed by atoms with Crippen LogP contribution in [0.5, 0.6) is 5.75 Å². The van der Waals surface area contributed by atoms with Gasteiger partial charge in [-0.15, -0.1) is 6.07 Å². The number of para-hydroxylation sites is 1. The fourth-order valence-electron chi connectivity index (χ4n) is 5.14. The topological polar surface area (TPSA) is 42.4 Å². The van der Waals surface area contributed by atoms with Gasteiger partial charge in [-0.1, -0.05) is 35.1 Å². The summed E-state index contributed by atoms with van der Waals surface area (Å²) in [5.41, 5.74) is 3.57. The van der Waals surface area contributed by atoms with Gasteiger partial charge in [0.1, 0.15) is 5.30 Å². The van der Waals surface area contributed by atoms with E-state index in [9.17, 15) is 8.09 Å². The second kappa shape index (κ2) is 17.1. The molecule has 1 atom stereocenters. The molecule has 4 rings (SSSR count). The second-order valence-electron chi connectivity index (χ2n) is 8.94. The van der Waals surface area contributed by atoms with Crippen molar-refractivity contribution >= 4 is 39.6 Å². The third-order valence-electron chi connectivity index (χ3n) is 6.54. The monoisotopic (exact) mass is 710 g/mol. The zero-order valence-corrected chi connectivity index (χ0v) is 24.7. The minimum absolute atomic E-state index is 0.125. The summed E-state index contributed by atoms with van der Waals surface area (Å²) in [7, 11) is 8.59. The van der Waals surface area contributed by atoms with Crippen LogP contribution in [0.25, 0.3) is 0 Å². The summed E-state index contributed by atoms with van der Waals surface area (Å²) in [6.07, 6.45) is 18.6. The third kappa shape index (κ3) is 9.87. The van der Waals surface area contributed by atoms with Crippen molar-refractivity contribution < 1.29 is 32.3 Å². The zero-order valence-electron chi connectivity index (χ0n) is 19.9. The van der Waals surface area contributed by atoms with Crippen molar-refractivity contribution in [1.29, 1.82) is 0 Å². The molecule has 2 aromatic rings. The van der Waals surface area contributed by atoms with Crippen molar-refractivity contribution in [3.63, 3.8) is 0 Å². The van der Waals surface area contributed by atoms with Crippen LogP contribution in [0, 0.1) is 6.20 Å². The number of nitrogens with zero attached hydrogens (tertiary/aromatic N) is 2. The second-order valence-corrected chi connectivity index (χ2v) is 12.6. The fourth-order valence-corrected chi connectivity index (χ4v) is 9.89. The molecule has 2 fully saturated rings. The van der Waals surface area contributed by atoms with Crippen molar-refractivity contribution in [2.24, 2.45) is 0 Å². The molecule has 0 amide bonds. The Balaban J connectivity index is 0.000000286. The first-order chi connectivity index (χ1) is 16.6. The Morgan fingerprint density at radius 2 is 1.59 bits per heavy atom. The summed E-state index contributed by atoms with van der Waals surface area (Å²) < 4.78 is 25.5. The van der Waals surface area contributed by atoms with Gasteiger partial charge in [0.25, 0.3) is 0 Å². The molecule has 0 bridgehead atoms. The summed E-state index contributed by atoms with van der Waals surface area (Å²) in [6.45, 7) is 0. The van der Waals surface area contributed by atoms with Crippen LogP contribution >= 0.6 is 17.1 Å². The van der Waals surface area contributed by atoms with E-state index >= 15 is 0 Å². The van der Waals surface area contributed by atoms with E-state index in [0.29, 0.717) is 0 Å². The maximum atomic E-state index is 11.6. The van der Waals surface area contributed by atoms with Gasteiger partial charge in [0, 0.05) is 22.0 Å². The maximum absolute atomic E-state index is 11.6. The molecule has 1 aromatic heterocycles. The number of hydrogen-bond donors (Lipinski definition) is 0. The van der Waals surface area contributed by atoms with Crippen molar-refractivity contribution in [2.45, 2.75) is 75.5 Å². The van der Waals surface area contributed by atoms with Gasteiger partial charge in [-0.05, 0) is 69.7 Å². The van der Waals surface area contributed by atoms with E-state index < -0.39 is 19.4 Å². The van der Waals surface area contributed by atoms with Crippen molar-refractivity contribution in [3.05, 3.63) is 48.8 Å². The fraction of sp³-hybridized carbons (Fsp3) is 0.560. The molecule has 2 aliphatic carbocycles. The Kier molecular flexibility index (Phi) is 14.9. The van der Waals surface area contributed by atoms with Crippen LogP contribution in [0.4, 0.5) is 9.57 Å². The van der Waals surface area contributed by atoms with Gasteiger partial charge in [-0.3, -0.25) is 0 Å². The Morgan fingerprint density at radius 3 is 2.06 bits per heavy atom. The number of hydrogen-bond acceptors (Lipinski definition) is 4. The third-order valence-corrected chi connectivity index (χ3v) is 10.8. The van der Waals surface area contributed by atoms with Gasteiger partial charge in [0.05, 0.1) is 22.8 Å². The van der Waals surface area contributed by atoms with Crippen molar-refractivity contribution in [3.8, 4) is 5.75 Å². The van der Waals surface area contributed by atoms with Gasteiger partial charge in [0.2, 0.25) is 0 Å². The first kappa shape index (κ1) is 29.7. The Bertz CT molecular complexity index is 823. The van der Waals surface area contributed by atoms with Gasteiger partial charge < -0.3 is 14.1 Å². The Hall–Kier alpha value is -0.490. The molecular weight excluding hydrogens is 675 g/mol. The van der Waals surface area contributed by atoms with Gasteiger partial charge in [0.15, 0.2) is 0 Å². The summed E-state index contributed by atoms with van der Waals surface area (Å²) in [5, 5.41) is 1.75. The molecule has 1 aromatic carbocycles. The predicted octanol–water partition coefficient (Wildman–Crippen LogP) is 6.75. The summed E-state index contributed by atoms with van der Waals surface area (Å²) in [6, 6.07) is 12.2. The van der Waals surface area contributed by atoms with Crippen LogP contribution < -0.4 is 14.4 Å². The molecule has 34 heavy (non-hydrogen) atoms. The van der Waals surface area contributed by atoms with Crippen LogP contribution in [-0.4, -0.2) is 34.6 Å². The van der Waals surface area contributed by atoms with E-state index in [1.807, 2.05) is 0 Å². The van der Waals surface area contributed by atoms with Crippen LogP contribution in [0.2, 0.25) is 0 Å². The van der Waals surface area contributed by atoms with Crippen LogP contribution in [0.1, 0.15) is 64.2 Å². The van der Waals surface area contributed by atoms with Gasteiger partial charge >= 0.3 is 40.6 Å². The number of aromatic nitrogens is 1. The van der Waals surface area contributed by atoms with E-state index in [1.165, 1.54) is 88.2 Å². The number of benzene rings is 1. The summed E-state index contributed by atoms with van der Waals surface area (Å²) in [4.78, 5) is 5.84. The molecule has 2 saturated carbocycles. The molecule has 9 heteroatoms. The molecule has 1 unspecified atom stereocenters. The SMILES string of the molecule is CN(C)c1ccccc1[PH+](C1CCCCC1)C1CCCCC1.O=S(F)Oc1cc[c-]nc1.[Cl][Au]. The molecule has 1 heterocycles. The van der Waals surface area contributed by atoms with E-state index in [4.69, 9.17) is 0 Å². The zero-order chi connectivity index (χ0) is 24.8. The van der Waals surface area contributed by atoms with Crippen LogP contribution in [0.3, 0.4) is 0 Å². The number of halogens is 2. The van der Waals surface area contributed by atoms with Crippen LogP contribution in [0.15, 0.2) is 42.6 Å². The Labute approximate surface area is 224 Å². The normalized spacial score (nSPS) is 17.6. The quantitative estimate of drug-likeness (QED) is 0.144. The number of anilines is 1. The molecule has 4 nitrogen and oxygen atoms in total. The number of pyridine rings is 1. The van der Waals surface area contributed by atoms with Gasteiger partial charge in [-0.2, -0.15) is 10.3 Å². The van der Waals surface area contributed by atoms with Crippen LogP contribution in [-0.2, 0) is 31.5 Å². The first-order valence-corrected chi connectivity index (χ1v) is 17.2. The van der Waals surface area contributed by atoms with Crippen molar-refractivity contribution in [1.82, 2.24) is 4.98 Å². The van der Waals surface area contributed by atoms with Gasteiger partial charge in [-0.25, -0.2) is 0 Å². The average molecular weight is 711 g/mol.